The van der Waals surface area contributed by atoms with Crippen LogP contribution in [0.2, 0.25) is 0 Å². The second-order valence-electron chi connectivity index (χ2n) is 6.94. The third-order valence-corrected chi connectivity index (χ3v) is 5.16. The summed E-state index contributed by atoms with van der Waals surface area (Å²) in [7, 11) is 0. The van der Waals surface area contributed by atoms with E-state index in [2.05, 4.69) is 84.8 Å². The van der Waals surface area contributed by atoms with Gasteiger partial charge in [-0.15, -0.1) is 0 Å². The van der Waals surface area contributed by atoms with Gasteiger partial charge in [-0.2, -0.15) is 0 Å². The number of rotatable bonds is 10. The van der Waals surface area contributed by atoms with Gasteiger partial charge in [-0.25, -0.2) is 0 Å². The van der Waals surface area contributed by atoms with Gasteiger partial charge < -0.3 is 15.5 Å². The first-order valence-corrected chi connectivity index (χ1v) is 10.4. The third kappa shape index (κ3) is 7.31. The Kier molecular flexibility index (Phi) is 9.29. The average Bonchev–Trinajstić information content (AvgIpc) is 2.70. The maximum atomic E-state index is 5.62. The second-order valence-corrected chi connectivity index (χ2v) is 7.35. The van der Waals surface area contributed by atoms with Crippen molar-refractivity contribution in [2.24, 2.45) is 0 Å². The van der Waals surface area contributed by atoms with Crippen molar-refractivity contribution < 1.29 is 0 Å². The highest BCUT2D eigenvalue weighted by molar-refractivity contribution is 7.80. The Bertz CT molecular complexity index is 616. The molecular formula is C23H33N3S. The fraction of sp³-hybridized carbons (Fsp3) is 0.435. The maximum Gasteiger partial charge on any atom is 0.167 e. The van der Waals surface area contributed by atoms with Crippen LogP contribution in [0.4, 0.5) is 0 Å². The van der Waals surface area contributed by atoms with Crippen LogP contribution in [0.15, 0.2) is 60.7 Å². The highest BCUT2D eigenvalue weighted by Crippen LogP contribution is 2.21. The highest BCUT2D eigenvalue weighted by atomic mass is 32.1. The van der Waals surface area contributed by atoms with E-state index in [9.17, 15) is 0 Å². The minimum absolute atomic E-state index is 0.0512. The zero-order valence-corrected chi connectivity index (χ0v) is 17.6. The number of thiocarbonyl (C=S) groups is 1. The van der Waals surface area contributed by atoms with E-state index in [1.54, 1.807) is 0 Å². The number of benzene rings is 2. The molecule has 0 bridgehead atoms. The summed E-state index contributed by atoms with van der Waals surface area (Å²) >= 11 is 5.62. The third-order valence-electron chi connectivity index (χ3n) is 4.92. The lowest BCUT2D eigenvalue weighted by Crippen LogP contribution is -2.42. The van der Waals surface area contributed by atoms with E-state index in [1.807, 2.05) is 12.1 Å². The van der Waals surface area contributed by atoms with Crippen LogP contribution >= 0.6 is 12.2 Å². The van der Waals surface area contributed by atoms with Gasteiger partial charge in [0.2, 0.25) is 0 Å². The van der Waals surface area contributed by atoms with Crippen molar-refractivity contribution in [3.05, 3.63) is 71.8 Å². The molecule has 2 aromatic carbocycles. The summed E-state index contributed by atoms with van der Waals surface area (Å²) in [5.41, 5.74) is 2.42. The molecule has 0 saturated heterocycles. The highest BCUT2D eigenvalue weighted by Gasteiger charge is 2.15. The molecule has 0 saturated carbocycles. The summed E-state index contributed by atoms with van der Waals surface area (Å²) in [6.07, 6.45) is 2.29. The van der Waals surface area contributed by atoms with Gasteiger partial charge in [0, 0.05) is 6.04 Å². The Hall–Kier alpha value is -1.91. The first-order chi connectivity index (χ1) is 13.1. The first-order valence-electron chi connectivity index (χ1n) is 10.0. The van der Waals surface area contributed by atoms with Gasteiger partial charge in [0.15, 0.2) is 5.11 Å². The van der Waals surface area contributed by atoms with Gasteiger partial charge in [-0.3, -0.25) is 0 Å². The fourth-order valence-corrected chi connectivity index (χ4v) is 3.60. The smallest absolute Gasteiger partial charge is 0.167 e. The monoisotopic (exact) mass is 383 g/mol. The molecule has 1 unspecified atom stereocenters. The van der Waals surface area contributed by atoms with E-state index in [1.165, 1.54) is 17.5 Å². The van der Waals surface area contributed by atoms with Crippen LogP contribution in [0, 0.1) is 0 Å². The molecule has 2 N–H and O–H groups in total. The topological polar surface area (TPSA) is 27.3 Å². The first kappa shape index (κ1) is 21.4. The van der Waals surface area contributed by atoms with Crippen LogP contribution in [0.3, 0.4) is 0 Å². The molecule has 0 heterocycles. The lowest BCUT2D eigenvalue weighted by Gasteiger charge is -2.24. The molecule has 27 heavy (non-hydrogen) atoms. The van der Waals surface area contributed by atoms with Gasteiger partial charge in [-0.1, -0.05) is 74.5 Å². The molecule has 0 spiro atoms. The molecular weight excluding hydrogens is 350 g/mol. The predicted octanol–water partition coefficient (Wildman–Crippen LogP) is 4.75. The standard InChI is InChI=1S/C23H33N3S/c1-4-26(5-2)18-12-13-19(3)24-23(27)25-22(20-14-8-6-9-15-20)21-16-10-7-11-17-21/h6-11,14-17,19,22H,4-5,12-13,18H2,1-3H3,(H2,24,25,27). The van der Waals surface area contributed by atoms with Crippen molar-refractivity contribution in [2.45, 2.75) is 45.7 Å². The summed E-state index contributed by atoms with van der Waals surface area (Å²) in [4.78, 5) is 2.46. The summed E-state index contributed by atoms with van der Waals surface area (Å²) in [5, 5.41) is 7.68. The van der Waals surface area contributed by atoms with Crippen molar-refractivity contribution in [2.75, 3.05) is 19.6 Å². The molecule has 1 atom stereocenters. The quantitative estimate of drug-likeness (QED) is 0.579. The Morgan fingerprint density at radius 3 is 1.89 bits per heavy atom. The molecule has 4 heteroatoms. The Morgan fingerprint density at radius 2 is 1.41 bits per heavy atom. The van der Waals surface area contributed by atoms with E-state index in [-0.39, 0.29) is 6.04 Å². The molecule has 0 fully saturated rings. The second kappa shape index (κ2) is 11.7. The van der Waals surface area contributed by atoms with Crippen molar-refractivity contribution in [3.8, 4) is 0 Å². The van der Waals surface area contributed by atoms with Gasteiger partial charge in [0.25, 0.3) is 0 Å². The lowest BCUT2D eigenvalue weighted by molar-refractivity contribution is 0.292. The van der Waals surface area contributed by atoms with Crippen molar-refractivity contribution in [1.29, 1.82) is 0 Å². The zero-order valence-electron chi connectivity index (χ0n) is 16.8. The molecule has 0 aliphatic rings. The summed E-state index contributed by atoms with van der Waals surface area (Å²) < 4.78 is 0. The van der Waals surface area contributed by atoms with E-state index in [0.29, 0.717) is 11.2 Å². The Balaban J connectivity index is 1.92. The molecule has 2 aromatic rings. The van der Waals surface area contributed by atoms with Crippen LogP contribution < -0.4 is 10.6 Å². The van der Waals surface area contributed by atoms with Crippen molar-refractivity contribution in [1.82, 2.24) is 15.5 Å². The zero-order chi connectivity index (χ0) is 19.5. The van der Waals surface area contributed by atoms with Crippen LogP contribution in [0.5, 0.6) is 0 Å². The van der Waals surface area contributed by atoms with Crippen LogP contribution in [0.25, 0.3) is 0 Å². The SMILES string of the molecule is CCN(CC)CCCC(C)NC(=S)NC(c1ccccc1)c1ccccc1. The summed E-state index contributed by atoms with van der Waals surface area (Å²) in [5.74, 6) is 0. The van der Waals surface area contributed by atoms with Crippen molar-refractivity contribution >= 4 is 17.3 Å². The minimum Gasteiger partial charge on any atom is -0.360 e. The Labute approximate surface area is 170 Å². The van der Waals surface area contributed by atoms with Crippen LogP contribution in [-0.4, -0.2) is 35.7 Å². The maximum absolute atomic E-state index is 5.62. The predicted molar refractivity (Wildman–Crippen MR) is 120 cm³/mol. The molecule has 3 nitrogen and oxygen atoms in total. The summed E-state index contributed by atoms with van der Waals surface area (Å²) in [6.45, 7) is 10.0. The lowest BCUT2D eigenvalue weighted by atomic mass is 9.99. The summed E-state index contributed by atoms with van der Waals surface area (Å²) in [6, 6.07) is 21.3. The van der Waals surface area contributed by atoms with E-state index in [0.717, 1.165) is 26.1 Å². The van der Waals surface area contributed by atoms with Gasteiger partial charge >= 0.3 is 0 Å². The van der Waals surface area contributed by atoms with Gasteiger partial charge in [0.05, 0.1) is 6.04 Å². The number of nitrogens with one attached hydrogen (secondary N) is 2. The molecule has 0 amide bonds. The molecule has 0 aliphatic heterocycles. The minimum atomic E-state index is 0.0512. The van der Waals surface area contributed by atoms with Gasteiger partial charge in [-0.05, 0) is 62.7 Å². The van der Waals surface area contributed by atoms with Crippen LogP contribution in [0.1, 0.15) is 50.8 Å². The molecule has 2 rings (SSSR count). The number of hydrogen-bond acceptors (Lipinski definition) is 2. The van der Waals surface area contributed by atoms with E-state index >= 15 is 0 Å². The van der Waals surface area contributed by atoms with Crippen LogP contribution in [-0.2, 0) is 0 Å². The van der Waals surface area contributed by atoms with E-state index in [4.69, 9.17) is 12.2 Å². The fourth-order valence-electron chi connectivity index (χ4n) is 3.28. The van der Waals surface area contributed by atoms with E-state index < -0.39 is 0 Å². The van der Waals surface area contributed by atoms with Gasteiger partial charge in [0.1, 0.15) is 0 Å². The number of nitrogens with zero attached hydrogens (tertiary/aromatic N) is 1. The Morgan fingerprint density at radius 1 is 0.889 bits per heavy atom. The average molecular weight is 384 g/mol. The number of hydrogen-bond donors (Lipinski definition) is 2. The van der Waals surface area contributed by atoms with Crippen molar-refractivity contribution in [3.63, 3.8) is 0 Å². The molecule has 0 aromatic heterocycles. The molecule has 146 valence electrons. The molecule has 0 radical (unpaired) electrons. The normalized spacial score (nSPS) is 12.2. The molecule has 0 aliphatic carbocycles. The largest absolute Gasteiger partial charge is 0.360 e.